The predicted octanol–water partition coefficient (Wildman–Crippen LogP) is 4.09. The highest BCUT2D eigenvalue weighted by Crippen LogP contribution is 2.54. The van der Waals surface area contributed by atoms with Gasteiger partial charge in [-0.25, -0.2) is 0 Å². The van der Waals surface area contributed by atoms with Gasteiger partial charge in [0.15, 0.2) is 0 Å². The molecule has 0 aromatic rings. The number of aliphatic hydroxyl groups is 1. The Morgan fingerprint density at radius 3 is 2.44 bits per heavy atom. The fourth-order valence-corrected chi connectivity index (χ4v) is 2.84. The Balaban J connectivity index is 2.49. The molecule has 1 N–H and O–H groups in total. The smallest absolute Gasteiger partial charge is 0.0512 e. The van der Waals surface area contributed by atoms with Crippen molar-refractivity contribution in [2.45, 2.75) is 60.0 Å². The Kier molecular flexibility index (Phi) is 4.01. The van der Waals surface area contributed by atoms with Crippen molar-refractivity contribution in [3.05, 3.63) is 23.3 Å². The number of hydrogen-bond donors (Lipinski definition) is 1. The van der Waals surface area contributed by atoms with Gasteiger partial charge in [0.25, 0.3) is 0 Å². The lowest BCUT2D eigenvalue weighted by molar-refractivity contribution is 0.175. The second-order valence-electron chi connectivity index (χ2n) is 6.00. The zero-order chi connectivity index (χ0) is 12.5. The van der Waals surface area contributed by atoms with Crippen LogP contribution in [-0.2, 0) is 0 Å². The summed E-state index contributed by atoms with van der Waals surface area (Å²) in [6, 6.07) is 0. The van der Waals surface area contributed by atoms with Gasteiger partial charge in [0.1, 0.15) is 0 Å². The van der Waals surface area contributed by atoms with E-state index in [-0.39, 0.29) is 11.5 Å². The Morgan fingerprint density at radius 2 is 2.06 bits per heavy atom. The van der Waals surface area contributed by atoms with Gasteiger partial charge in [-0.1, -0.05) is 43.6 Å². The number of aliphatic hydroxyl groups excluding tert-OH is 1. The van der Waals surface area contributed by atoms with Crippen LogP contribution in [0.5, 0.6) is 0 Å². The summed E-state index contributed by atoms with van der Waals surface area (Å²) in [7, 11) is 0. The van der Waals surface area contributed by atoms with Gasteiger partial charge in [-0.2, -0.15) is 0 Å². The number of hydrogen-bond acceptors (Lipinski definition) is 1. The van der Waals surface area contributed by atoms with Gasteiger partial charge in [-0.3, -0.25) is 0 Å². The third-order valence-electron chi connectivity index (χ3n) is 3.71. The van der Waals surface area contributed by atoms with E-state index in [9.17, 15) is 5.11 Å². The summed E-state index contributed by atoms with van der Waals surface area (Å²) in [5.74, 6) is 0.571. The maximum absolute atomic E-state index is 9.27. The molecule has 0 saturated heterocycles. The van der Waals surface area contributed by atoms with Crippen LogP contribution < -0.4 is 0 Å². The molecule has 0 heterocycles. The number of rotatable bonds is 6. The zero-order valence-electron chi connectivity index (χ0n) is 11.4. The Bertz CT molecular complexity index is 307. The maximum Gasteiger partial charge on any atom is 0.0512 e. The van der Waals surface area contributed by atoms with E-state index in [1.54, 1.807) is 5.57 Å². The molecule has 0 bridgehead atoms. The zero-order valence-corrected chi connectivity index (χ0v) is 11.4. The van der Waals surface area contributed by atoms with Crippen molar-refractivity contribution in [3.8, 4) is 0 Å². The van der Waals surface area contributed by atoms with E-state index in [0.717, 1.165) is 19.3 Å². The fraction of sp³-hybridized carbons (Fsp3) is 0.733. The summed E-state index contributed by atoms with van der Waals surface area (Å²) in [5, 5.41) is 9.27. The first kappa shape index (κ1) is 13.5. The molecule has 1 rings (SSSR count). The summed E-state index contributed by atoms with van der Waals surface area (Å²) in [6.07, 6.45) is 3.01. The molecule has 0 radical (unpaired) electrons. The SMILES string of the molecule is C=C(C)C1C(C)=C1C(C)(C)CCCC(C)O. The van der Waals surface area contributed by atoms with Crippen LogP contribution in [0.3, 0.4) is 0 Å². The van der Waals surface area contributed by atoms with E-state index in [1.807, 2.05) is 6.92 Å². The largest absolute Gasteiger partial charge is 0.393 e. The highest BCUT2D eigenvalue weighted by Gasteiger charge is 2.42. The maximum atomic E-state index is 9.27. The minimum Gasteiger partial charge on any atom is -0.393 e. The second-order valence-corrected chi connectivity index (χ2v) is 6.00. The van der Waals surface area contributed by atoms with Crippen molar-refractivity contribution in [3.63, 3.8) is 0 Å². The van der Waals surface area contributed by atoms with Gasteiger partial charge in [0.05, 0.1) is 6.10 Å². The molecule has 0 aliphatic heterocycles. The van der Waals surface area contributed by atoms with Gasteiger partial charge in [-0.05, 0) is 39.0 Å². The van der Waals surface area contributed by atoms with Crippen LogP contribution in [0.4, 0.5) is 0 Å². The first-order valence-corrected chi connectivity index (χ1v) is 6.32. The minimum absolute atomic E-state index is 0.165. The quantitative estimate of drug-likeness (QED) is 0.671. The average molecular weight is 222 g/mol. The minimum atomic E-state index is -0.165. The molecular weight excluding hydrogens is 196 g/mol. The fourth-order valence-electron chi connectivity index (χ4n) is 2.84. The number of allylic oxidation sites excluding steroid dienone is 3. The Labute approximate surface area is 100 Å². The summed E-state index contributed by atoms with van der Waals surface area (Å²) in [5.41, 5.74) is 4.67. The first-order chi connectivity index (χ1) is 7.27. The molecule has 1 aliphatic carbocycles. The standard InChI is InChI=1S/C15H26O/c1-10(2)13-12(4)14(13)15(5,6)9-7-8-11(3)16/h11,13,16H,1,7-9H2,2-6H3. The molecule has 0 fully saturated rings. The van der Waals surface area contributed by atoms with Gasteiger partial charge in [0, 0.05) is 5.92 Å². The van der Waals surface area contributed by atoms with Crippen molar-refractivity contribution in [1.29, 1.82) is 0 Å². The Hall–Kier alpha value is -0.560. The lowest BCUT2D eigenvalue weighted by Crippen LogP contribution is -2.13. The highest BCUT2D eigenvalue weighted by atomic mass is 16.3. The molecule has 92 valence electrons. The van der Waals surface area contributed by atoms with Crippen molar-refractivity contribution >= 4 is 0 Å². The van der Waals surface area contributed by atoms with Crippen molar-refractivity contribution < 1.29 is 5.11 Å². The lowest BCUT2D eigenvalue weighted by Gasteiger charge is -2.23. The third-order valence-corrected chi connectivity index (χ3v) is 3.71. The molecular formula is C15H26O. The molecule has 0 spiro atoms. The molecule has 0 aromatic carbocycles. The van der Waals surface area contributed by atoms with Gasteiger partial charge >= 0.3 is 0 Å². The summed E-state index contributed by atoms with van der Waals surface area (Å²) >= 11 is 0. The normalized spacial score (nSPS) is 22.2. The monoisotopic (exact) mass is 222 g/mol. The van der Waals surface area contributed by atoms with Crippen molar-refractivity contribution in [2.75, 3.05) is 0 Å². The summed E-state index contributed by atoms with van der Waals surface area (Å²) in [6.45, 7) is 14.9. The third kappa shape index (κ3) is 2.98. The molecule has 0 aromatic heterocycles. The van der Waals surface area contributed by atoms with Crippen LogP contribution in [0.1, 0.15) is 53.9 Å². The highest BCUT2D eigenvalue weighted by molar-refractivity contribution is 5.50. The first-order valence-electron chi connectivity index (χ1n) is 6.32. The van der Waals surface area contributed by atoms with Gasteiger partial charge in [-0.15, -0.1) is 0 Å². The molecule has 16 heavy (non-hydrogen) atoms. The van der Waals surface area contributed by atoms with Crippen LogP contribution in [0.15, 0.2) is 23.3 Å². The molecule has 2 unspecified atom stereocenters. The van der Waals surface area contributed by atoms with Crippen LogP contribution >= 0.6 is 0 Å². The average Bonchev–Trinajstić information content (AvgIpc) is 2.76. The molecule has 1 heteroatoms. The summed E-state index contributed by atoms with van der Waals surface area (Å²) < 4.78 is 0. The van der Waals surface area contributed by atoms with Crippen molar-refractivity contribution in [2.24, 2.45) is 11.3 Å². The Morgan fingerprint density at radius 1 is 1.50 bits per heavy atom. The van der Waals surface area contributed by atoms with Crippen LogP contribution in [-0.4, -0.2) is 11.2 Å². The molecule has 1 aliphatic rings. The summed E-state index contributed by atoms with van der Waals surface area (Å²) in [4.78, 5) is 0. The van der Waals surface area contributed by atoms with Crippen LogP contribution in [0.25, 0.3) is 0 Å². The van der Waals surface area contributed by atoms with E-state index >= 15 is 0 Å². The topological polar surface area (TPSA) is 20.2 Å². The predicted molar refractivity (Wildman–Crippen MR) is 70.3 cm³/mol. The van der Waals surface area contributed by atoms with Crippen LogP contribution in [0, 0.1) is 11.3 Å². The van der Waals surface area contributed by atoms with E-state index in [1.165, 1.54) is 11.1 Å². The molecule has 0 amide bonds. The van der Waals surface area contributed by atoms with E-state index in [4.69, 9.17) is 0 Å². The molecule has 0 saturated carbocycles. The van der Waals surface area contributed by atoms with Gasteiger partial charge < -0.3 is 5.11 Å². The lowest BCUT2D eigenvalue weighted by atomic mass is 9.81. The van der Waals surface area contributed by atoms with E-state index < -0.39 is 0 Å². The van der Waals surface area contributed by atoms with E-state index in [2.05, 4.69) is 34.3 Å². The van der Waals surface area contributed by atoms with Crippen LogP contribution in [0.2, 0.25) is 0 Å². The van der Waals surface area contributed by atoms with Gasteiger partial charge in [0.2, 0.25) is 0 Å². The second kappa shape index (κ2) is 4.75. The molecule has 2 atom stereocenters. The van der Waals surface area contributed by atoms with E-state index in [0.29, 0.717) is 5.92 Å². The molecule has 1 nitrogen and oxygen atoms in total. The van der Waals surface area contributed by atoms with Crippen molar-refractivity contribution in [1.82, 2.24) is 0 Å².